The molecule has 2 N–H and O–H groups in total. The molecule has 1 aromatic rings. The zero-order chi connectivity index (χ0) is 14.8. The van der Waals surface area contributed by atoms with E-state index in [4.69, 9.17) is 5.73 Å². The molecule has 0 bridgehead atoms. The fourth-order valence-electron chi connectivity index (χ4n) is 3.80. The highest BCUT2D eigenvalue weighted by Crippen LogP contribution is 2.34. The van der Waals surface area contributed by atoms with Crippen molar-refractivity contribution in [2.24, 2.45) is 5.73 Å². The van der Waals surface area contributed by atoms with Crippen molar-refractivity contribution in [3.05, 3.63) is 20.8 Å². The first-order chi connectivity index (χ1) is 10.2. The van der Waals surface area contributed by atoms with Crippen LogP contribution in [0.3, 0.4) is 0 Å². The third-order valence-corrected chi connectivity index (χ3v) is 6.78. The number of nitrogens with two attached hydrogens (primary N) is 1. The summed E-state index contributed by atoms with van der Waals surface area (Å²) in [7, 11) is 0. The van der Waals surface area contributed by atoms with Gasteiger partial charge in [-0.2, -0.15) is 0 Å². The van der Waals surface area contributed by atoms with Gasteiger partial charge in [0.25, 0.3) is 0 Å². The summed E-state index contributed by atoms with van der Waals surface area (Å²) in [6.07, 6.45) is 5.17. The number of piperidine rings is 1. The summed E-state index contributed by atoms with van der Waals surface area (Å²) in [5.41, 5.74) is 6.49. The van der Waals surface area contributed by atoms with Crippen LogP contribution in [0.4, 0.5) is 0 Å². The van der Waals surface area contributed by atoms with Gasteiger partial charge >= 0.3 is 0 Å². The molecule has 5 heteroatoms. The van der Waals surface area contributed by atoms with Crippen molar-refractivity contribution in [1.82, 2.24) is 9.80 Å². The van der Waals surface area contributed by atoms with Crippen LogP contribution < -0.4 is 5.73 Å². The standard InChI is InChI=1S/C16H26BrN3S/c1-2-14(18)16(15-9-12(17)11-21-15)20-8-7-19-6-4-3-5-13(19)10-20/h9,11,13-14,16H,2-8,10,18H2,1H3. The Balaban J connectivity index is 1.77. The van der Waals surface area contributed by atoms with E-state index < -0.39 is 0 Å². The number of piperazine rings is 1. The number of nitrogens with zero attached hydrogens (tertiary/aromatic N) is 2. The molecule has 3 unspecified atom stereocenters. The molecule has 0 radical (unpaired) electrons. The van der Waals surface area contributed by atoms with E-state index in [2.05, 4.69) is 44.1 Å². The van der Waals surface area contributed by atoms with Crippen LogP contribution in [0.25, 0.3) is 0 Å². The highest BCUT2D eigenvalue weighted by molar-refractivity contribution is 9.10. The second-order valence-corrected chi connectivity index (χ2v) is 8.22. The first-order valence-corrected chi connectivity index (χ1v) is 9.84. The zero-order valence-corrected chi connectivity index (χ0v) is 15.2. The number of hydrogen-bond acceptors (Lipinski definition) is 4. The molecule has 2 aliphatic heterocycles. The number of rotatable bonds is 4. The fraction of sp³-hybridized carbons (Fsp3) is 0.750. The number of halogens is 1. The third-order valence-electron chi connectivity index (χ3n) is 5.02. The van der Waals surface area contributed by atoms with Crippen LogP contribution in [0.2, 0.25) is 0 Å². The maximum absolute atomic E-state index is 6.49. The first-order valence-electron chi connectivity index (χ1n) is 8.16. The molecule has 0 saturated carbocycles. The van der Waals surface area contributed by atoms with Crippen LogP contribution in [-0.2, 0) is 0 Å². The topological polar surface area (TPSA) is 32.5 Å². The van der Waals surface area contributed by atoms with E-state index in [9.17, 15) is 0 Å². The van der Waals surface area contributed by atoms with Crippen LogP contribution in [0.15, 0.2) is 15.9 Å². The third kappa shape index (κ3) is 3.53. The van der Waals surface area contributed by atoms with Gasteiger partial charge in [0.15, 0.2) is 0 Å². The maximum Gasteiger partial charge on any atom is 0.0594 e. The van der Waals surface area contributed by atoms with E-state index in [1.807, 2.05) is 11.3 Å². The summed E-state index contributed by atoms with van der Waals surface area (Å²) in [5, 5.41) is 2.18. The molecule has 3 nitrogen and oxygen atoms in total. The molecule has 0 aromatic carbocycles. The molecule has 1 aromatic heterocycles. The highest BCUT2D eigenvalue weighted by Gasteiger charge is 2.35. The minimum atomic E-state index is 0.227. The second-order valence-electron chi connectivity index (χ2n) is 6.36. The molecule has 3 rings (SSSR count). The summed E-state index contributed by atoms with van der Waals surface area (Å²) in [4.78, 5) is 6.76. The molecule has 0 spiro atoms. The molecule has 3 atom stereocenters. The summed E-state index contributed by atoms with van der Waals surface area (Å²) < 4.78 is 1.19. The van der Waals surface area contributed by atoms with Crippen LogP contribution in [0.5, 0.6) is 0 Å². The lowest BCUT2D eigenvalue weighted by Crippen LogP contribution is -2.57. The Labute approximate surface area is 140 Å². The Hall–Kier alpha value is 0.0600. The molecule has 0 aliphatic carbocycles. The average Bonchev–Trinajstić information content (AvgIpc) is 2.93. The van der Waals surface area contributed by atoms with Crippen LogP contribution in [0, 0.1) is 0 Å². The lowest BCUT2D eigenvalue weighted by atomic mass is 9.96. The van der Waals surface area contributed by atoms with Crippen LogP contribution in [-0.4, -0.2) is 48.1 Å². The van der Waals surface area contributed by atoms with E-state index in [0.717, 1.165) is 19.0 Å². The molecule has 3 heterocycles. The number of fused-ring (bicyclic) bond motifs is 1. The smallest absolute Gasteiger partial charge is 0.0594 e. The predicted molar refractivity (Wildman–Crippen MR) is 93.8 cm³/mol. The summed E-state index contributed by atoms with van der Waals surface area (Å²) in [6.45, 7) is 7.06. The average molecular weight is 372 g/mol. The van der Waals surface area contributed by atoms with E-state index in [1.54, 1.807) is 0 Å². The van der Waals surface area contributed by atoms with Crippen molar-refractivity contribution in [3.8, 4) is 0 Å². The van der Waals surface area contributed by atoms with E-state index in [-0.39, 0.29) is 6.04 Å². The van der Waals surface area contributed by atoms with Crippen molar-refractivity contribution in [1.29, 1.82) is 0 Å². The van der Waals surface area contributed by atoms with Gasteiger partial charge in [0.1, 0.15) is 0 Å². The Morgan fingerprint density at radius 2 is 2.24 bits per heavy atom. The number of hydrogen-bond donors (Lipinski definition) is 1. The van der Waals surface area contributed by atoms with Crippen molar-refractivity contribution < 1.29 is 0 Å². The minimum Gasteiger partial charge on any atom is -0.326 e. The van der Waals surface area contributed by atoms with Gasteiger partial charge in [-0.05, 0) is 47.8 Å². The van der Waals surface area contributed by atoms with Gasteiger partial charge in [-0.15, -0.1) is 11.3 Å². The predicted octanol–water partition coefficient (Wildman–Crippen LogP) is 3.46. The van der Waals surface area contributed by atoms with Crippen LogP contribution in [0.1, 0.15) is 43.5 Å². The second kappa shape index (κ2) is 7.09. The van der Waals surface area contributed by atoms with Crippen LogP contribution >= 0.6 is 27.3 Å². The van der Waals surface area contributed by atoms with Gasteiger partial charge in [-0.25, -0.2) is 0 Å². The van der Waals surface area contributed by atoms with E-state index in [1.165, 1.54) is 48.2 Å². The van der Waals surface area contributed by atoms with Gasteiger partial charge < -0.3 is 5.73 Å². The minimum absolute atomic E-state index is 0.227. The van der Waals surface area contributed by atoms with Gasteiger partial charge in [-0.3, -0.25) is 9.80 Å². The first kappa shape index (κ1) is 15.9. The molecule has 2 aliphatic rings. The largest absolute Gasteiger partial charge is 0.326 e. The van der Waals surface area contributed by atoms with Crippen molar-refractivity contribution >= 4 is 27.3 Å². The lowest BCUT2D eigenvalue weighted by molar-refractivity contribution is 0.0211. The van der Waals surface area contributed by atoms with Gasteiger partial charge in [0.05, 0.1) is 6.04 Å². The maximum atomic E-state index is 6.49. The van der Waals surface area contributed by atoms with E-state index in [0.29, 0.717) is 6.04 Å². The fourth-order valence-corrected chi connectivity index (χ4v) is 5.45. The molecule has 118 valence electrons. The lowest BCUT2D eigenvalue weighted by Gasteiger charge is -2.47. The Kier molecular flexibility index (Phi) is 5.38. The summed E-state index contributed by atoms with van der Waals surface area (Å²) >= 11 is 5.44. The summed E-state index contributed by atoms with van der Waals surface area (Å²) in [5.74, 6) is 0. The Morgan fingerprint density at radius 3 is 2.95 bits per heavy atom. The molecule has 0 amide bonds. The molecular formula is C16H26BrN3S. The molecule has 2 saturated heterocycles. The molecule has 2 fully saturated rings. The highest BCUT2D eigenvalue weighted by atomic mass is 79.9. The monoisotopic (exact) mass is 371 g/mol. The number of thiophene rings is 1. The van der Waals surface area contributed by atoms with Gasteiger partial charge in [0, 0.05) is 46.4 Å². The Bertz CT molecular complexity index is 464. The summed E-state index contributed by atoms with van der Waals surface area (Å²) in [6, 6.07) is 3.63. The van der Waals surface area contributed by atoms with Crippen molar-refractivity contribution in [2.45, 2.75) is 50.7 Å². The quantitative estimate of drug-likeness (QED) is 0.879. The van der Waals surface area contributed by atoms with E-state index >= 15 is 0 Å². The van der Waals surface area contributed by atoms with Gasteiger partial charge in [-0.1, -0.05) is 13.3 Å². The Morgan fingerprint density at radius 1 is 1.38 bits per heavy atom. The normalized spacial score (nSPS) is 27.3. The van der Waals surface area contributed by atoms with Gasteiger partial charge in [0.2, 0.25) is 0 Å². The van der Waals surface area contributed by atoms with Crippen molar-refractivity contribution in [2.75, 3.05) is 26.2 Å². The SMILES string of the molecule is CCC(N)C(c1cc(Br)cs1)N1CCN2CCCCC2C1. The van der Waals surface area contributed by atoms with Crippen molar-refractivity contribution in [3.63, 3.8) is 0 Å². The molecule has 21 heavy (non-hydrogen) atoms. The molecular weight excluding hydrogens is 346 g/mol. The zero-order valence-electron chi connectivity index (χ0n) is 12.8.